The van der Waals surface area contributed by atoms with Crippen molar-refractivity contribution in [2.24, 2.45) is 0 Å². The Hall–Kier alpha value is -7.22. The topological polar surface area (TPSA) is 3.24 Å². The highest BCUT2D eigenvalue weighted by Gasteiger charge is 2.52. The molecule has 278 valence electrons. The molecule has 0 heterocycles. The largest absolute Gasteiger partial charge is 0.310 e. The van der Waals surface area contributed by atoms with Gasteiger partial charge in [-0.2, -0.15) is 0 Å². The lowest BCUT2D eigenvalue weighted by molar-refractivity contribution is 0.660. The molecule has 3 aliphatic rings. The number of fused-ring (bicyclic) bond motifs is 15. The minimum atomic E-state index is -0.633. The molecule has 3 aliphatic carbocycles. The molecule has 0 radical (unpaired) electrons. The Bertz CT molecular complexity index is 3070. The molecule has 1 nitrogen and oxygen atoms in total. The van der Waals surface area contributed by atoms with Crippen molar-refractivity contribution in [1.29, 1.82) is 0 Å². The number of rotatable bonds is 4. The van der Waals surface area contributed by atoms with Crippen molar-refractivity contribution in [2.75, 3.05) is 4.90 Å². The summed E-state index contributed by atoms with van der Waals surface area (Å²) in [5.74, 6) is 0. The molecule has 0 bridgehead atoms. The fraction of sp³-hybridized carbons (Fsp3) is 0.0690. The van der Waals surface area contributed by atoms with Crippen LogP contribution in [-0.2, 0) is 10.8 Å². The van der Waals surface area contributed by atoms with Crippen LogP contribution in [0.3, 0.4) is 0 Å². The van der Waals surface area contributed by atoms with Gasteiger partial charge in [0.1, 0.15) is 0 Å². The van der Waals surface area contributed by atoms with Gasteiger partial charge in [-0.3, -0.25) is 0 Å². The van der Waals surface area contributed by atoms with Crippen molar-refractivity contribution in [3.63, 3.8) is 0 Å². The van der Waals surface area contributed by atoms with Crippen molar-refractivity contribution >= 4 is 17.1 Å². The second kappa shape index (κ2) is 12.6. The average molecular weight is 752 g/mol. The van der Waals surface area contributed by atoms with Gasteiger partial charge in [-0.15, -0.1) is 0 Å². The van der Waals surface area contributed by atoms with E-state index in [-0.39, 0.29) is 5.41 Å². The molecule has 0 saturated heterocycles. The molecular weight excluding hydrogens is 711 g/mol. The number of hydrogen-bond acceptors (Lipinski definition) is 1. The molecule has 0 aromatic heterocycles. The number of anilines is 3. The summed E-state index contributed by atoms with van der Waals surface area (Å²) < 4.78 is 0. The molecular formula is C58H41N. The Kier molecular flexibility index (Phi) is 7.26. The second-order valence-corrected chi connectivity index (χ2v) is 16.8. The molecule has 12 rings (SSSR count). The lowest BCUT2D eigenvalue weighted by atomic mass is 9.65. The highest BCUT2D eigenvalue weighted by Crippen LogP contribution is 2.65. The second-order valence-electron chi connectivity index (χ2n) is 16.8. The van der Waals surface area contributed by atoms with E-state index in [9.17, 15) is 0 Å². The molecule has 0 atom stereocenters. The molecule has 0 unspecified atom stereocenters. The maximum atomic E-state index is 2.58. The first-order valence-corrected chi connectivity index (χ1v) is 20.8. The normalized spacial score (nSPS) is 14.2. The Morgan fingerprint density at radius 1 is 0.305 bits per heavy atom. The van der Waals surface area contributed by atoms with Crippen molar-refractivity contribution < 1.29 is 0 Å². The van der Waals surface area contributed by atoms with Gasteiger partial charge >= 0.3 is 0 Å². The SMILES string of the molecule is CC1(C)c2ccccc2-c2c(N(c3ccc(-c4ccccc4)cc3)c3cccc4c3C3(c5ccccc5-c5ccccc5-c5ccccc53)c3ccccc3-4)cccc21. The summed E-state index contributed by atoms with van der Waals surface area (Å²) in [6.45, 7) is 4.76. The summed E-state index contributed by atoms with van der Waals surface area (Å²) in [6, 6.07) is 79.5. The van der Waals surface area contributed by atoms with E-state index in [1.54, 1.807) is 0 Å². The van der Waals surface area contributed by atoms with Gasteiger partial charge in [0.15, 0.2) is 0 Å². The minimum absolute atomic E-state index is 0.147. The summed E-state index contributed by atoms with van der Waals surface area (Å²) in [7, 11) is 0. The predicted molar refractivity (Wildman–Crippen MR) is 246 cm³/mol. The van der Waals surface area contributed by atoms with E-state index >= 15 is 0 Å². The van der Waals surface area contributed by atoms with E-state index < -0.39 is 5.41 Å². The van der Waals surface area contributed by atoms with Gasteiger partial charge in [0.2, 0.25) is 0 Å². The van der Waals surface area contributed by atoms with Gasteiger partial charge in [-0.05, 0) is 102 Å². The van der Waals surface area contributed by atoms with E-state index in [1.807, 2.05) is 0 Å². The van der Waals surface area contributed by atoms with Crippen LogP contribution in [0.2, 0.25) is 0 Å². The molecule has 0 N–H and O–H groups in total. The minimum Gasteiger partial charge on any atom is -0.310 e. The Balaban J connectivity index is 1.22. The van der Waals surface area contributed by atoms with Crippen LogP contribution in [0.4, 0.5) is 17.1 Å². The van der Waals surface area contributed by atoms with Crippen LogP contribution in [0.1, 0.15) is 47.2 Å². The zero-order chi connectivity index (χ0) is 39.3. The third-order valence-electron chi connectivity index (χ3n) is 13.5. The standard InChI is InChI=1S/C58H41N/c1-57(2)48-27-12-11-25-47(48)55-52(57)31-17-32-53(55)59(40-36-34-39(35-37-40)38-18-4-3-5-19-38)54-33-16-26-46-45-24-10-15-30-51(45)58(56(46)54)49-28-13-8-22-43(49)41-20-6-7-21-42(41)44-23-9-14-29-50(44)58/h3-37H,1-2H3. The highest BCUT2D eigenvalue weighted by molar-refractivity contribution is 6.02. The average Bonchev–Trinajstić information content (AvgIpc) is 3.69. The number of nitrogens with zero attached hydrogens (tertiary/aromatic N) is 1. The molecule has 9 aromatic carbocycles. The maximum absolute atomic E-state index is 2.58. The summed E-state index contributed by atoms with van der Waals surface area (Å²) >= 11 is 0. The number of benzene rings is 9. The van der Waals surface area contributed by atoms with Crippen LogP contribution in [0.5, 0.6) is 0 Å². The lowest BCUT2D eigenvalue weighted by Gasteiger charge is -2.39. The van der Waals surface area contributed by atoms with Gasteiger partial charge in [0.25, 0.3) is 0 Å². The van der Waals surface area contributed by atoms with Gasteiger partial charge in [0, 0.05) is 22.2 Å². The summed E-state index contributed by atoms with van der Waals surface area (Å²) in [4.78, 5) is 2.58. The number of hydrogen-bond donors (Lipinski definition) is 0. The van der Waals surface area contributed by atoms with Crippen molar-refractivity contribution in [3.05, 3.63) is 246 Å². The van der Waals surface area contributed by atoms with E-state index in [4.69, 9.17) is 0 Å². The fourth-order valence-electron chi connectivity index (χ4n) is 11.0. The molecule has 0 aliphatic heterocycles. The van der Waals surface area contributed by atoms with Crippen LogP contribution in [0.15, 0.2) is 212 Å². The Labute approximate surface area is 346 Å². The molecule has 1 heteroatoms. The van der Waals surface area contributed by atoms with E-state index in [0.29, 0.717) is 0 Å². The van der Waals surface area contributed by atoms with Crippen molar-refractivity contribution in [2.45, 2.75) is 24.7 Å². The molecule has 0 amide bonds. The quantitative estimate of drug-likeness (QED) is 0.173. The zero-order valence-electron chi connectivity index (χ0n) is 33.2. The molecule has 0 saturated carbocycles. The zero-order valence-corrected chi connectivity index (χ0v) is 33.2. The maximum Gasteiger partial charge on any atom is 0.0746 e. The van der Waals surface area contributed by atoms with Gasteiger partial charge in [0.05, 0.1) is 16.8 Å². The Morgan fingerprint density at radius 2 is 0.729 bits per heavy atom. The van der Waals surface area contributed by atoms with Crippen molar-refractivity contribution in [3.8, 4) is 55.6 Å². The first-order valence-electron chi connectivity index (χ1n) is 20.8. The van der Waals surface area contributed by atoms with E-state index in [1.165, 1.54) is 100 Å². The van der Waals surface area contributed by atoms with Crippen LogP contribution in [-0.4, -0.2) is 0 Å². The van der Waals surface area contributed by atoms with E-state index in [0.717, 1.165) is 5.69 Å². The summed E-state index contributed by atoms with van der Waals surface area (Å²) in [5, 5.41) is 0. The highest BCUT2D eigenvalue weighted by atomic mass is 15.2. The molecule has 59 heavy (non-hydrogen) atoms. The fourth-order valence-corrected chi connectivity index (χ4v) is 11.0. The van der Waals surface area contributed by atoms with Crippen molar-refractivity contribution in [1.82, 2.24) is 0 Å². The Morgan fingerprint density at radius 3 is 1.34 bits per heavy atom. The smallest absolute Gasteiger partial charge is 0.0746 e. The monoisotopic (exact) mass is 751 g/mol. The first-order chi connectivity index (χ1) is 29.1. The van der Waals surface area contributed by atoms with Gasteiger partial charge in [-0.25, -0.2) is 0 Å². The summed E-state index contributed by atoms with van der Waals surface area (Å²) in [6.07, 6.45) is 0. The molecule has 0 fully saturated rings. The third kappa shape index (κ3) is 4.62. The molecule has 9 aromatic rings. The lowest BCUT2D eigenvalue weighted by Crippen LogP contribution is -2.31. The van der Waals surface area contributed by atoms with E-state index in [2.05, 4.69) is 231 Å². The van der Waals surface area contributed by atoms with Crippen LogP contribution < -0.4 is 4.90 Å². The summed E-state index contributed by atoms with van der Waals surface area (Å²) in [5.41, 5.74) is 23.3. The first kappa shape index (κ1) is 33.9. The van der Waals surface area contributed by atoms with Gasteiger partial charge < -0.3 is 4.90 Å². The predicted octanol–water partition coefficient (Wildman–Crippen LogP) is 15.1. The van der Waals surface area contributed by atoms with Crippen LogP contribution in [0, 0.1) is 0 Å². The van der Waals surface area contributed by atoms with Gasteiger partial charge in [-0.1, -0.05) is 202 Å². The van der Waals surface area contributed by atoms with Crippen LogP contribution in [0.25, 0.3) is 55.6 Å². The van der Waals surface area contributed by atoms with Crippen LogP contribution >= 0.6 is 0 Å². The molecule has 1 spiro atoms. The third-order valence-corrected chi connectivity index (χ3v) is 13.5.